The molecule has 0 saturated heterocycles. The van der Waals surface area contributed by atoms with Crippen LogP contribution in [0.15, 0.2) is 146 Å². The maximum Gasteiger partial charge on any atom is 0.0361 e. The molecule has 190 valence electrons. The number of hydrogen-bond acceptors (Lipinski definition) is 1. The summed E-state index contributed by atoms with van der Waals surface area (Å²) >= 11 is 1.88. The Hall–Kier alpha value is -4.98. The zero-order valence-electron chi connectivity index (χ0n) is 22.3. The minimum Gasteiger partial charge on any atom is -0.135 e. The van der Waals surface area contributed by atoms with Crippen LogP contribution in [0.1, 0.15) is 0 Å². The van der Waals surface area contributed by atoms with Gasteiger partial charge in [0.2, 0.25) is 0 Å². The lowest BCUT2D eigenvalue weighted by Crippen LogP contribution is -1.92. The molecule has 1 aromatic heterocycles. The van der Waals surface area contributed by atoms with E-state index < -0.39 is 0 Å². The van der Waals surface area contributed by atoms with Crippen molar-refractivity contribution in [3.63, 3.8) is 0 Å². The van der Waals surface area contributed by atoms with Crippen molar-refractivity contribution in [2.75, 3.05) is 0 Å². The van der Waals surface area contributed by atoms with Crippen molar-refractivity contribution < 1.29 is 0 Å². The van der Waals surface area contributed by atoms with Crippen molar-refractivity contribution in [3.05, 3.63) is 146 Å². The summed E-state index contributed by atoms with van der Waals surface area (Å²) in [5, 5.41) is 13.0. The summed E-state index contributed by atoms with van der Waals surface area (Å²) in [4.78, 5) is 0. The van der Waals surface area contributed by atoms with Gasteiger partial charge >= 0.3 is 0 Å². The molecule has 0 atom stereocenters. The summed E-state index contributed by atoms with van der Waals surface area (Å²) in [7, 11) is 0. The van der Waals surface area contributed by atoms with E-state index in [1.807, 2.05) is 11.3 Å². The lowest BCUT2D eigenvalue weighted by Gasteiger charge is -2.19. The van der Waals surface area contributed by atoms with E-state index in [1.165, 1.54) is 85.5 Å². The summed E-state index contributed by atoms with van der Waals surface area (Å²) in [5.74, 6) is 0. The molecular formula is C40H24S. The molecule has 0 aliphatic rings. The minimum absolute atomic E-state index is 1.27. The molecule has 9 aromatic rings. The van der Waals surface area contributed by atoms with Crippen LogP contribution in [0.25, 0.3) is 85.5 Å². The Morgan fingerprint density at radius 3 is 1.46 bits per heavy atom. The molecule has 0 N–H and O–H groups in total. The molecule has 1 heterocycles. The Morgan fingerprint density at radius 1 is 0.293 bits per heavy atom. The molecule has 0 amide bonds. The highest BCUT2D eigenvalue weighted by molar-refractivity contribution is 7.26. The van der Waals surface area contributed by atoms with Crippen LogP contribution in [0.2, 0.25) is 0 Å². The van der Waals surface area contributed by atoms with Crippen molar-refractivity contribution >= 4 is 74.6 Å². The van der Waals surface area contributed by atoms with Gasteiger partial charge in [-0.05, 0) is 77.5 Å². The van der Waals surface area contributed by atoms with Crippen LogP contribution >= 0.6 is 11.3 Å². The quantitative estimate of drug-likeness (QED) is 0.193. The van der Waals surface area contributed by atoms with Gasteiger partial charge in [-0.25, -0.2) is 0 Å². The zero-order valence-corrected chi connectivity index (χ0v) is 23.1. The third-order valence-corrected chi connectivity index (χ3v) is 9.80. The Morgan fingerprint density at radius 2 is 0.780 bits per heavy atom. The maximum atomic E-state index is 2.34. The average molecular weight is 537 g/mol. The van der Waals surface area contributed by atoms with Gasteiger partial charge in [-0.2, -0.15) is 0 Å². The van der Waals surface area contributed by atoms with Crippen LogP contribution in [0.4, 0.5) is 0 Å². The first-order valence-electron chi connectivity index (χ1n) is 14.1. The largest absolute Gasteiger partial charge is 0.135 e. The molecule has 0 fully saturated rings. The minimum atomic E-state index is 1.27. The molecule has 0 aliphatic heterocycles. The monoisotopic (exact) mass is 536 g/mol. The highest BCUT2D eigenvalue weighted by Gasteiger charge is 2.19. The molecule has 0 radical (unpaired) electrons. The predicted octanol–water partition coefficient (Wildman–Crippen LogP) is 12.0. The van der Waals surface area contributed by atoms with Gasteiger partial charge in [0.1, 0.15) is 0 Å². The number of hydrogen-bond donors (Lipinski definition) is 0. The molecule has 0 bridgehead atoms. The molecule has 41 heavy (non-hydrogen) atoms. The molecule has 0 unspecified atom stereocenters. The number of thiophene rings is 1. The van der Waals surface area contributed by atoms with Crippen LogP contribution in [0.3, 0.4) is 0 Å². The standard InChI is InChI=1S/C40H24S/c1-2-13-26-25(11-1)12-9-19-28(26)38-31-14-3-5-16-33(31)39(34-17-6-4-15-32(34)38)29-20-10-21-30-27(29)23-24-37-40(30)35-18-7-8-22-36(35)41-37/h1-24H. The van der Waals surface area contributed by atoms with Crippen molar-refractivity contribution in [2.45, 2.75) is 0 Å². The first-order valence-corrected chi connectivity index (χ1v) is 14.9. The number of fused-ring (bicyclic) bond motifs is 8. The first-order chi connectivity index (χ1) is 20.4. The van der Waals surface area contributed by atoms with Crippen molar-refractivity contribution in [3.8, 4) is 22.3 Å². The SMILES string of the molecule is c1ccc2c(-c3c4ccccc4c(-c4cccc5c4ccc4sc6ccccc6c45)c4ccccc34)cccc2c1. The predicted molar refractivity (Wildman–Crippen MR) is 180 cm³/mol. The molecule has 8 aromatic carbocycles. The van der Waals surface area contributed by atoms with Crippen LogP contribution < -0.4 is 0 Å². The van der Waals surface area contributed by atoms with E-state index in [0.717, 1.165) is 0 Å². The average Bonchev–Trinajstić information content (AvgIpc) is 3.42. The fourth-order valence-corrected chi connectivity index (χ4v) is 8.07. The van der Waals surface area contributed by atoms with E-state index in [-0.39, 0.29) is 0 Å². The third kappa shape index (κ3) is 3.27. The third-order valence-electron chi connectivity index (χ3n) is 8.66. The van der Waals surface area contributed by atoms with Crippen molar-refractivity contribution in [1.82, 2.24) is 0 Å². The summed E-state index contributed by atoms with van der Waals surface area (Å²) in [6.45, 7) is 0. The van der Waals surface area contributed by atoms with Crippen LogP contribution in [0.5, 0.6) is 0 Å². The molecule has 9 rings (SSSR count). The highest BCUT2D eigenvalue weighted by Crippen LogP contribution is 2.48. The molecule has 0 spiro atoms. The summed E-state index contributed by atoms with van der Waals surface area (Å²) in [6, 6.07) is 53.7. The Labute approximate surface area is 241 Å². The highest BCUT2D eigenvalue weighted by atomic mass is 32.1. The Kier molecular flexibility index (Phi) is 4.87. The smallest absolute Gasteiger partial charge is 0.0361 e. The van der Waals surface area contributed by atoms with Gasteiger partial charge in [0.15, 0.2) is 0 Å². The maximum absolute atomic E-state index is 2.34. The lowest BCUT2D eigenvalue weighted by molar-refractivity contribution is 1.69. The number of benzene rings is 8. The van der Waals surface area contributed by atoms with Gasteiger partial charge in [0.25, 0.3) is 0 Å². The second kappa shape index (κ2) is 8.76. The molecule has 0 saturated carbocycles. The second-order valence-electron chi connectivity index (χ2n) is 10.8. The van der Waals surface area contributed by atoms with Crippen LogP contribution in [-0.4, -0.2) is 0 Å². The molecular weight excluding hydrogens is 513 g/mol. The Bertz CT molecular complexity index is 2410. The first kappa shape index (κ1) is 22.8. The molecule has 0 nitrogen and oxygen atoms in total. The molecule has 0 aliphatic carbocycles. The topological polar surface area (TPSA) is 0 Å². The second-order valence-corrected chi connectivity index (χ2v) is 11.9. The number of rotatable bonds is 2. The van der Waals surface area contributed by atoms with Gasteiger partial charge in [0, 0.05) is 20.2 Å². The summed E-state index contributed by atoms with van der Waals surface area (Å²) in [5.41, 5.74) is 5.19. The van der Waals surface area contributed by atoms with Gasteiger partial charge in [-0.1, -0.05) is 133 Å². The van der Waals surface area contributed by atoms with Gasteiger partial charge in [-0.15, -0.1) is 11.3 Å². The van der Waals surface area contributed by atoms with E-state index in [4.69, 9.17) is 0 Å². The normalized spacial score (nSPS) is 11.9. The zero-order chi connectivity index (χ0) is 26.9. The van der Waals surface area contributed by atoms with Crippen LogP contribution in [-0.2, 0) is 0 Å². The van der Waals surface area contributed by atoms with E-state index in [2.05, 4.69) is 146 Å². The van der Waals surface area contributed by atoms with Gasteiger partial charge < -0.3 is 0 Å². The summed E-state index contributed by atoms with van der Waals surface area (Å²) < 4.78 is 2.69. The van der Waals surface area contributed by atoms with E-state index in [1.54, 1.807) is 0 Å². The lowest BCUT2D eigenvalue weighted by atomic mass is 9.83. The van der Waals surface area contributed by atoms with Crippen LogP contribution in [0, 0.1) is 0 Å². The van der Waals surface area contributed by atoms with E-state index >= 15 is 0 Å². The fourth-order valence-electron chi connectivity index (χ4n) is 6.95. The summed E-state index contributed by atoms with van der Waals surface area (Å²) in [6.07, 6.45) is 0. The Balaban J connectivity index is 1.45. The van der Waals surface area contributed by atoms with Crippen molar-refractivity contribution in [2.24, 2.45) is 0 Å². The molecule has 1 heteroatoms. The van der Waals surface area contributed by atoms with Gasteiger partial charge in [-0.3, -0.25) is 0 Å². The van der Waals surface area contributed by atoms with E-state index in [0.29, 0.717) is 0 Å². The van der Waals surface area contributed by atoms with E-state index in [9.17, 15) is 0 Å². The fraction of sp³-hybridized carbons (Fsp3) is 0. The van der Waals surface area contributed by atoms with Crippen molar-refractivity contribution in [1.29, 1.82) is 0 Å². The van der Waals surface area contributed by atoms with Gasteiger partial charge in [0.05, 0.1) is 0 Å².